The molecule has 0 aliphatic carbocycles. The first kappa shape index (κ1) is 26.3. The van der Waals surface area contributed by atoms with E-state index in [-0.39, 0.29) is 43.6 Å². The number of rotatable bonds is 11. The Kier molecular flexibility index (Phi) is 9.41. The Morgan fingerprint density at radius 2 is 1.94 bits per heavy atom. The Morgan fingerprint density at radius 3 is 2.48 bits per heavy atom. The molecule has 1 fully saturated rings. The molecule has 1 aromatic carbocycles. The molecular weight excluding hydrogens is 452 g/mol. The second-order valence-corrected chi connectivity index (χ2v) is 7.69. The van der Waals surface area contributed by atoms with Gasteiger partial charge in [0, 0.05) is 24.8 Å². The molecule has 1 atom stereocenters. The van der Waals surface area contributed by atoms with Gasteiger partial charge in [-0.2, -0.15) is 8.78 Å². The lowest BCUT2D eigenvalue weighted by Gasteiger charge is -2.30. The van der Waals surface area contributed by atoms with Crippen molar-refractivity contribution < 1.29 is 41.4 Å². The molecule has 1 saturated heterocycles. The van der Waals surface area contributed by atoms with Crippen molar-refractivity contribution in [3.63, 3.8) is 0 Å². The molecule has 1 aliphatic heterocycles. The van der Waals surface area contributed by atoms with Gasteiger partial charge in [-0.1, -0.05) is 13.8 Å². The molecule has 0 bridgehead atoms. The van der Waals surface area contributed by atoms with Crippen LogP contribution in [0.25, 0.3) is 0 Å². The zero-order valence-corrected chi connectivity index (χ0v) is 18.1. The van der Waals surface area contributed by atoms with Crippen molar-refractivity contribution in [1.82, 2.24) is 4.90 Å². The van der Waals surface area contributed by atoms with Crippen molar-refractivity contribution in [2.45, 2.75) is 32.9 Å². The summed E-state index contributed by atoms with van der Waals surface area (Å²) in [5.74, 6) is -3.19. The van der Waals surface area contributed by atoms with E-state index in [9.17, 15) is 31.9 Å². The third kappa shape index (κ3) is 7.56. The van der Waals surface area contributed by atoms with Crippen molar-refractivity contribution in [3.05, 3.63) is 18.2 Å². The molecule has 1 heterocycles. The fourth-order valence-electron chi connectivity index (χ4n) is 3.40. The van der Waals surface area contributed by atoms with Crippen LogP contribution in [0, 0.1) is 5.92 Å². The maximum absolute atomic E-state index is 13.0. The van der Waals surface area contributed by atoms with Crippen LogP contribution in [-0.2, 0) is 19.1 Å². The number of anilines is 2. The number of benzene rings is 1. The summed E-state index contributed by atoms with van der Waals surface area (Å²) in [4.78, 5) is 38.9. The predicted molar refractivity (Wildman–Crippen MR) is 110 cm³/mol. The Morgan fingerprint density at radius 1 is 1.24 bits per heavy atom. The Bertz CT molecular complexity index is 846. The van der Waals surface area contributed by atoms with Gasteiger partial charge in [-0.3, -0.25) is 19.3 Å². The number of hydrogen-bond acceptors (Lipinski definition) is 6. The first-order valence-electron chi connectivity index (χ1n) is 10.1. The van der Waals surface area contributed by atoms with Crippen LogP contribution in [-0.4, -0.2) is 74.5 Å². The third-order valence-corrected chi connectivity index (χ3v) is 4.58. The number of halogens is 4. The van der Waals surface area contributed by atoms with Gasteiger partial charge in [0.05, 0.1) is 18.8 Å². The molecule has 3 N–H and O–H groups in total. The van der Waals surface area contributed by atoms with Gasteiger partial charge in [-0.25, -0.2) is 8.78 Å². The molecule has 3 amide bonds. The number of ether oxygens (including phenoxy) is 2. The Balaban J connectivity index is 2.31. The van der Waals surface area contributed by atoms with E-state index >= 15 is 0 Å². The quantitative estimate of drug-likeness (QED) is 0.370. The van der Waals surface area contributed by atoms with Gasteiger partial charge >= 0.3 is 6.61 Å². The van der Waals surface area contributed by atoms with Crippen LogP contribution in [0.5, 0.6) is 5.75 Å². The average Bonchev–Trinajstić information content (AvgIpc) is 2.67. The molecule has 13 heteroatoms. The van der Waals surface area contributed by atoms with Gasteiger partial charge in [-0.05, 0) is 18.1 Å². The second kappa shape index (κ2) is 11.8. The Labute approximate surface area is 187 Å². The van der Waals surface area contributed by atoms with E-state index in [2.05, 4.69) is 10.1 Å². The average molecular weight is 478 g/mol. The van der Waals surface area contributed by atoms with E-state index in [0.717, 1.165) is 11.0 Å². The van der Waals surface area contributed by atoms with Crippen LogP contribution < -0.4 is 20.7 Å². The summed E-state index contributed by atoms with van der Waals surface area (Å²) in [6, 6.07) is 1.90. The zero-order valence-electron chi connectivity index (χ0n) is 18.1. The highest BCUT2D eigenvalue weighted by Crippen LogP contribution is 2.33. The molecular formula is C20H26F4N4O5. The minimum Gasteiger partial charge on any atom is -0.433 e. The summed E-state index contributed by atoms with van der Waals surface area (Å²) in [5, 5.41) is 2.33. The summed E-state index contributed by atoms with van der Waals surface area (Å²) in [6.45, 7) is -0.609. The van der Waals surface area contributed by atoms with Crippen LogP contribution in [0.3, 0.4) is 0 Å². The number of hydrogen-bond donors (Lipinski definition) is 2. The largest absolute Gasteiger partial charge is 0.433 e. The summed E-state index contributed by atoms with van der Waals surface area (Å²) < 4.78 is 61.5. The van der Waals surface area contributed by atoms with Crippen molar-refractivity contribution in [2.75, 3.05) is 43.1 Å². The molecule has 184 valence electrons. The summed E-state index contributed by atoms with van der Waals surface area (Å²) in [5.41, 5.74) is 5.28. The number of amides is 3. The number of carbonyl (C=O) groups excluding carboxylic acids is 3. The monoisotopic (exact) mass is 478 g/mol. The standard InChI is InChI=1S/C20H26F4N4O5/c1-11(2)8-27(9-15(21)22)17(18(25)30)19(31)26-12-3-4-13(14(7-12)33-20(23)24)28-5-6-32-10-16(28)29/h3-4,7,11,15,17,20H,5-6,8-10H2,1-2H3,(H2,25,30)(H,26,31)/t17-/m1/s1. The van der Waals surface area contributed by atoms with Crippen molar-refractivity contribution in [1.29, 1.82) is 0 Å². The maximum atomic E-state index is 13.0. The summed E-state index contributed by atoms with van der Waals surface area (Å²) in [7, 11) is 0. The van der Waals surface area contributed by atoms with E-state index in [1.807, 2.05) is 0 Å². The van der Waals surface area contributed by atoms with Gasteiger partial charge in [0.1, 0.15) is 6.61 Å². The lowest BCUT2D eigenvalue weighted by atomic mass is 10.1. The highest BCUT2D eigenvalue weighted by Gasteiger charge is 2.34. The highest BCUT2D eigenvalue weighted by molar-refractivity contribution is 6.09. The number of primary amides is 1. The van der Waals surface area contributed by atoms with Crippen LogP contribution >= 0.6 is 0 Å². The molecule has 0 spiro atoms. The minimum absolute atomic E-state index is 0.0107. The van der Waals surface area contributed by atoms with E-state index in [1.54, 1.807) is 13.8 Å². The normalized spacial score (nSPS) is 15.5. The van der Waals surface area contributed by atoms with E-state index in [1.165, 1.54) is 17.0 Å². The second-order valence-electron chi connectivity index (χ2n) is 7.69. The number of carbonyl (C=O) groups is 3. The maximum Gasteiger partial charge on any atom is 0.387 e. The SMILES string of the molecule is CC(C)CN(CC(F)F)[C@H](C(N)=O)C(=O)Nc1ccc(N2CCOCC2=O)c(OC(F)F)c1. The molecule has 1 aliphatic rings. The molecule has 1 aromatic rings. The topological polar surface area (TPSA) is 114 Å². The van der Waals surface area contributed by atoms with Crippen molar-refractivity contribution in [2.24, 2.45) is 11.7 Å². The van der Waals surface area contributed by atoms with Crippen LogP contribution in [0.1, 0.15) is 13.8 Å². The van der Waals surface area contributed by atoms with Crippen LogP contribution in [0.4, 0.5) is 28.9 Å². The predicted octanol–water partition coefficient (Wildman–Crippen LogP) is 1.67. The molecule has 2 rings (SSSR count). The number of nitrogens with zero attached hydrogens (tertiary/aromatic N) is 2. The van der Waals surface area contributed by atoms with E-state index in [0.29, 0.717) is 0 Å². The summed E-state index contributed by atoms with van der Waals surface area (Å²) >= 11 is 0. The van der Waals surface area contributed by atoms with Crippen molar-refractivity contribution >= 4 is 29.1 Å². The molecule has 0 saturated carbocycles. The molecule has 0 radical (unpaired) electrons. The van der Waals surface area contributed by atoms with Gasteiger partial charge in [0.2, 0.25) is 5.91 Å². The highest BCUT2D eigenvalue weighted by atomic mass is 19.3. The fourth-order valence-corrected chi connectivity index (χ4v) is 3.40. The summed E-state index contributed by atoms with van der Waals surface area (Å²) in [6.07, 6.45) is -2.82. The van der Waals surface area contributed by atoms with E-state index < -0.39 is 49.1 Å². The molecule has 33 heavy (non-hydrogen) atoms. The van der Waals surface area contributed by atoms with Gasteiger partial charge in [-0.15, -0.1) is 0 Å². The van der Waals surface area contributed by atoms with E-state index in [4.69, 9.17) is 10.5 Å². The lowest BCUT2D eigenvalue weighted by Crippen LogP contribution is -2.54. The van der Waals surface area contributed by atoms with Crippen molar-refractivity contribution in [3.8, 4) is 5.75 Å². The van der Waals surface area contributed by atoms with Gasteiger partial charge in [0.25, 0.3) is 18.2 Å². The van der Waals surface area contributed by atoms with Gasteiger partial charge in [0.15, 0.2) is 11.8 Å². The number of morpholine rings is 1. The molecule has 9 nitrogen and oxygen atoms in total. The first-order chi connectivity index (χ1) is 15.5. The Hall–Kier alpha value is -2.93. The van der Waals surface area contributed by atoms with Crippen LogP contribution in [0.2, 0.25) is 0 Å². The number of nitrogens with one attached hydrogen (secondary N) is 1. The minimum atomic E-state index is -3.23. The molecule has 0 aromatic heterocycles. The number of nitrogens with two attached hydrogens (primary N) is 1. The van der Waals surface area contributed by atoms with Gasteiger partial charge < -0.3 is 25.4 Å². The lowest BCUT2D eigenvalue weighted by molar-refractivity contribution is -0.133. The smallest absolute Gasteiger partial charge is 0.387 e. The zero-order chi connectivity index (χ0) is 24.7. The third-order valence-electron chi connectivity index (χ3n) is 4.58. The fraction of sp³-hybridized carbons (Fsp3) is 0.550. The number of alkyl halides is 4. The molecule has 0 unspecified atom stereocenters. The van der Waals surface area contributed by atoms with Crippen LogP contribution in [0.15, 0.2) is 18.2 Å². The first-order valence-corrected chi connectivity index (χ1v) is 10.1.